The van der Waals surface area contributed by atoms with Crippen molar-refractivity contribution in [2.24, 2.45) is 0 Å². The van der Waals surface area contributed by atoms with Crippen molar-refractivity contribution >= 4 is 23.3 Å². The number of amides is 1. The van der Waals surface area contributed by atoms with Crippen LogP contribution >= 0.6 is 0 Å². The van der Waals surface area contributed by atoms with Crippen LogP contribution in [0, 0.1) is 0 Å². The highest BCUT2D eigenvalue weighted by Gasteiger charge is 2.10. The molecule has 0 saturated carbocycles. The number of carbonyl (C=O) groups is 2. The number of rotatable bonds is 5. The molecular formula is C18H20N2O3. The lowest BCUT2D eigenvalue weighted by Gasteiger charge is -2.09. The highest BCUT2D eigenvalue weighted by Crippen LogP contribution is 2.17. The summed E-state index contributed by atoms with van der Waals surface area (Å²) in [7, 11) is 0. The van der Waals surface area contributed by atoms with E-state index in [1.807, 2.05) is 24.3 Å². The van der Waals surface area contributed by atoms with E-state index in [9.17, 15) is 9.59 Å². The molecule has 0 bridgehead atoms. The lowest BCUT2D eigenvalue weighted by molar-refractivity contribution is -0.119. The second kappa shape index (κ2) is 7.45. The van der Waals surface area contributed by atoms with Gasteiger partial charge in [0.05, 0.1) is 5.56 Å². The summed E-state index contributed by atoms with van der Waals surface area (Å²) >= 11 is 0. The zero-order chi connectivity index (χ0) is 16.8. The summed E-state index contributed by atoms with van der Waals surface area (Å²) in [5, 5.41) is 2.69. The maximum Gasteiger partial charge on any atom is 0.338 e. The molecule has 0 spiro atoms. The van der Waals surface area contributed by atoms with Gasteiger partial charge in [-0.2, -0.15) is 0 Å². The number of nitrogen functional groups attached to an aromatic ring is 1. The van der Waals surface area contributed by atoms with Crippen LogP contribution in [0.15, 0.2) is 48.5 Å². The molecule has 0 fully saturated rings. The number of esters is 1. The zero-order valence-corrected chi connectivity index (χ0v) is 13.2. The number of hydrogen-bond donors (Lipinski definition) is 2. The Morgan fingerprint density at radius 2 is 1.83 bits per heavy atom. The van der Waals surface area contributed by atoms with Gasteiger partial charge in [-0.3, -0.25) is 4.79 Å². The van der Waals surface area contributed by atoms with E-state index in [2.05, 4.69) is 19.2 Å². The third-order valence-electron chi connectivity index (χ3n) is 3.32. The monoisotopic (exact) mass is 312 g/mol. The van der Waals surface area contributed by atoms with Gasteiger partial charge in [0.15, 0.2) is 6.61 Å². The first-order valence-corrected chi connectivity index (χ1v) is 7.38. The minimum Gasteiger partial charge on any atom is -0.452 e. The molecular weight excluding hydrogens is 292 g/mol. The van der Waals surface area contributed by atoms with Gasteiger partial charge in [-0.1, -0.05) is 32.0 Å². The van der Waals surface area contributed by atoms with Crippen LogP contribution in [0.4, 0.5) is 11.4 Å². The average molecular weight is 312 g/mol. The zero-order valence-electron chi connectivity index (χ0n) is 13.2. The molecule has 0 saturated heterocycles. The number of nitrogens with one attached hydrogen (secondary N) is 1. The lowest BCUT2D eigenvalue weighted by atomic mass is 10.0. The molecule has 5 nitrogen and oxygen atoms in total. The molecule has 0 aliphatic heterocycles. The number of hydrogen-bond acceptors (Lipinski definition) is 4. The van der Waals surface area contributed by atoms with E-state index in [1.165, 1.54) is 11.6 Å². The predicted molar refractivity (Wildman–Crippen MR) is 90.3 cm³/mol. The van der Waals surface area contributed by atoms with Crippen molar-refractivity contribution in [1.29, 1.82) is 0 Å². The molecule has 3 N–H and O–H groups in total. The SMILES string of the molecule is CC(C)c1ccc(NC(=O)COC(=O)c2cccc(N)c2)cc1. The molecule has 0 atom stereocenters. The van der Waals surface area contributed by atoms with Gasteiger partial charge >= 0.3 is 5.97 Å². The summed E-state index contributed by atoms with van der Waals surface area (Å²) < 4.78 is 4.97. The van der Waals surface area contributed by atoms with Crippen LogP contribution in [0.1, 0.15) is 35.7 Å². The molecule has 2 aromatic rings. The first-order chi connectivity index (χ1) is 11.0. The lowest BCUT2D eigenvalue weighted by Crippen LogP contribution is -2.21. The van der Waals surface area contributed by atoms with Gasteiger partial charge in [-0.25, -0.2) is 4.79 Å². The highest BCUT2D eigenvalue weighted by atomic mass is 16.5. The standard InChI is InChI=1S/C18H20N2O3/c1-12(2)13-6-8-16(9-7-13)20-17(21)11-23-18(22)14-4-3-5-15(19)10-14/h3-10,12H,11,19H2,1-2H3,(H,20,21). The first kappa shape index (κ1) is 16.5. The summed E-state index contributed by atoms with van der Waals surface area (Å²) in [6.45, 7) is 3.85. The van der Waals surface area contributed by atoms with Gasteiger partial charge in [0.2, 0.25) is 0 Å². The fraction of sp³-hybridized carbons (Fsp3) is 0.222. The van der Waals surface area contributed by atoms with E-state index in [1.54, 1.807) is 18.2 Å². The molecule has 0 radical (unpaired) electrons. The van der Waals surface area contributed by atoms with Gasteiger partial charge in [0.25, 0.3) is 5.91 Å². The van der Waals surface area contributed by atoms with E-state index >= 15 is 0 Å². The predicted octanol–water partition coefficient (Wildman–Crippen LogP) is 3.19. The van der Waals surface area contributed by atoms with Gasteiger partial charge in [0.1, 0.15) is 0 Å². The molecule has 0 unspecified atom stereocenters. The Labute approximate surface area is 135 Å². The Balaban J connectivity index is 1.86. The Bertz CT molecular complexity index is 694. The Morgan fingerprint density at radius 1 is 1.13 bits per heavy atom. The van der Waals surface area contributed by atoms with Crippen molar-refractivity contribution in [3.05, 3.63) is 59.7 Å². The van der Waals surface area contributed by atoms with Gasteiger partial charge in [0, 0.05) is 11.4 Å². The van der Waals surface area contributed by atoms with Gasteiger partial charge in [-0.15, -0.1) is 0 Å². The van der Waals surface area contributed by atoms with Crippen molar-refractivity contribution in [3.63, 3.8) is 0 Å². The summed E-state index contributed by atoms with van der Waals surface area (Å²) in [6.07, 6.45) is 0. The van der Waals surface area contributed by atoms with Crippen LogP contribution in [0.2, 0.25) is 0 Å². The van der Waals surface area contributed by atoms with Crippen LogP contribution in [0.3, 0.4) is 0 Å². The second-order valence-corrected chi connectivity index (χ2v) is 5.53. The second-order valence-electron chi connectivity index (χ2n) is 5.53. The number of anilines is 2. The molecule has 120 valence electrons. The fourth-order valence-corrected chi connectivity index (χ4v) is 2.03. The normalized spacial score (nSPS) is 10.4. The maximum absolute atomic E-state index is 11.8. The van der Waals surface area contributed by atoms with Crippen LogP contribution < -0.4 is 11.1 Å². The number of ether oxygens (including phenoxy) is 1. The van der Waals surface area contributed by atoms with Crippen molar-refractivity contribution in [2.75, 3.05) is 17.7 Å². The molecule has 2 aromatic carbocycles. The Kier molecular flexibility index (Phi) is 5.36. The van der Waals surface area contributed by atoms with Crippen LogP contribution in [-0.2, 0) is 9.53 Å². The van der Waals surface area contributed by atoms with Gasteiger partial charge in [-0.05, 0) is 41.8 Å². The van der Waals surface area contributed by atoms with E-state index in [-0.39, 0.29) is 12.5 Å². The Hall–Kier alpha value is -2.82. The molecule has 23 heavy (non-hydrogen) atoms. The quantitative estimate of drug-likeness (QED) is 0.656. The number of benzene rings is 2. The van der Waals surface area contributed by atoms with E-state index in [4.69, 9.17) is 10.5 Å². The molecule has 0 aromatic heterocycles. The largest absolute Gasteiger partial charge is 0.452 e. The third kappa shape index (κ3) is 4.85. The van der Waals surface area contributed by atoms with Crippen LogP contribution in [0.5, 0.6) is 0 Å². The summed E-state index contributed by atoms with van der Waals surface area (Å²) in [6, 6.07) is 14.0. The van der Waals surface area contributed by atoms with Crippen LogP contribution in [-0.4, -0.2) is 18.5 Å². The minimum absolute atomic E-state index is 0.319. The number of nitrogens with two attached hydrogens (primary N) is 1. The van der Waals surface area contributed by atoms with E-state index in [0.29, 0.717) is 22.9 Å². The molecule has 0 aliphatic carbocycles. The van der Waals surface area contributed by atoms with E-state index in [0.717, 1.165) is 0 Å². The highest BCUT2D eigenvalue weighted by molar-refractivity contribution is 5.95. The van der Waals surface area contributed by atoms with Crippen molar-refractivity contribution in [2.45, 2.75) is 19.8 Å². The summed E-state index contributed by atoms with van der Waals surface area (Å²) in [5.41, 5.74) is 8.24. The molecule has 1 amide bonds. The average Bonchev–Trinajstić information content (AvgIpc) is 2.53. The molecule has 0 heterocycles. The summed E-state index contributed by atoms with van der Waals surface area (Å²) in [5.74, 6) is -0.541. The molecule has 0 aliphatic rings. The van der Waals surface area contributed by atoms with Gasteiger partial charge < -0.3 is 15.8 Å². The smallest absolute Gasteiger partial charge is 0.338 e. The maximum atomic E-state index is 11.8. The van der Waals surface area contributed by atoms with Crippen LogP contribution in [0.25, 0.3) is 0 Å². The summed E-state index contributed by atoms with van der Waals surface area (Å²) in [4.78, 5) is 23.6. The van der Waals surface area contributed by atoms with Crippen molar-refractivity contribution in [1.82, 2.24) is 0 Å². The van der Waals surface area contributed by atoms with Crippen molar-refractivity contribution in [3.8, 4) is 0 Å². The fourth-order valence-electron chi connectivity index (χ4n) is 2.03. The van der Waals surface area contributed by atoms with E-state index < -0.39 is 5.97 Å². The topological polar surface area (TPSA) is 81.4 Å². The third-order valence-corrected chi connectivity index (χ3v) is 3.32. The number of carbonyl (C=O) groups excluding carboxylic acids is 2. The molecule has 5 heteroatoms. The minimum atomic E-state index is -0.581. The first-order valence-electron chi connectivity index (χ1n) is 7.38. The molecule has 2 rings (SSSR count). The van der Waals surface area contributed by atoms with Crippen molar-refractivity contribution < 1.29 is 14.3 Å². The Morgan fingerprint density at radius 3 is 2.43 bits per heavy atom.